The Morgan fingerprint density at radius 1 is 1.10 bits per heavy atom. The molecular formula is C23H28ClFN4O. The molecule has 0 unspecified atom stereocenters. The maximum Gasteiger partial charge on any atom is 0.181 e. The van der Waals surface area contributed by atoms with Crippen molar-refractivity contribution in [1.29, 1.82) is 0 Å². The number of nitrogens with zero attached hydrogens (tertiary/aromatic N) is 4. The molecule has 30 heavy (non-hydrogen) atoms. The first kappa shape index (κ1) is 20.9. The third kappa shape index (κ3) is 3.97. The van der Waals surface area contributed by atoms with Crippen LogP contribution in [0.2, 0.25) is 5.02 Å². The highest BCUT2D eigenvalue weighted by molar-refractivity contribution is 6.36. The number of phenols is 1. The summed E-state index contributed by atoms with van der Waals surface area (Å²) in [5.74, 6) is 1.44. The number of anilines is 1. The lowest BCUT2D eigenvalue weighted by atomic mass is 9.88. The lowest BCUT2D eigenvalue weighted by Gasteiger charge is -2.34. The van der Waals surface area contributed by atoms with E-state index in [1.807, 2.05) is 30.5 Å². The Kier molecular flexibility index (Phi) is 6.14. The molecule has 1 saturated heterocycles. The first-order valence-corrected chi connectivity index (χ1v) is 11.2. The number of benzene rings is 1. The molecule has 1 aromatic carbocycles. The maximum absolute atomic E-state index is 14.2. The summed E-state index contributed by atoms with van der Waals surface area (Å²) in [5.41, 5.74) is 2.07. The van der Waals surface area contributed by atoms with Gasteiger partial charge in [0.1, 0.15) is 22.4 Å². The summed E-state index contributed by atoms with van der Waals surface area (Å²) in [6, 6.07) is 6.53. The van der Waals surface area contributed by atoms with Gasteiger partial charge in [0.05, 0.1) is 5.69 Å². The summed E-state index contributed by atoms with van der Waals surface area (Å²) in [6.45, 7) is 5.49. The molecule has 160 valence electrons. The largest absolute Gasteiger partial charge is 0.508 e. The molecule has 1 aliphatic carbocycles. The molecule has 7 heteroatoms. The molecule has 0 bridgehead atoms. The van der Waals surface area contributed by atoms with E-state index in [0.717, 1.165) is 49.8 Å². The van der Waals surface area contributed by atoms with Crippen LogP contribution in [0.25, 0.3) is 5.65 Å². The Labute approximate surface area is 181 Å². The zero-order chi connectivity index (χ0) is 21.3. The number of rotatable bonds is 4. The summed E-state index contributed by atoms with van der Waals surface area (Å²) in [5, 5.41) is 19.3. The van der Waals surface area contributed by atoms with Crippen LogP contribution >= 0.6 is 11.6 Å². The van der Waals surface area contributed by atoms with Gasteiger partial charge in [0.15, 0.2) is 5.65 Å². The van der Waals surface area contributed by atoms with Crippen LogP contribution in [0, 0.1) is 11.7 Å². The molecule has 2 fully saturated rings. The van der Waals surface area contributed by atoms with E-state index in [0.29, 0.717) is 16.2 Å². The van der Waals surface area contributed by atoms with Crippen molar-refractivity contribution in [3.05, 3.63) is 52.7 Å². The van der Waals surface area contributed by atoms with Crippen molar-refractivity contribution in [2.24, 2.45) is 5.92 Å². The zero-order valence-electron chi connectivity index (χ0n) is 17.5. The van der Waals surface area contributed by atoms with E-state index in [2.05, 4.69) is 15.1 Å². The van der Waals surface area contributed by atoms with Crippen molar-refractivity contribution < 1.29 is 9.50 Å². The third-order valence-corrected chi connectivity index (χ3v) is 6.37. The van der Waals surface area contributed by atoms with Crippen LogP contribution in [0.1, 0.15) is 56.8 Å². The Hall–Kier alpha value is -2.34. The van der Waals surface area contributed by atoms with Crippen LogP contribution in [0.15, 0.2) is 30.5 Å². The van der Waals surface area contributed by atoms with E-state index >= 15 is 0 Å². The Balaban J connectivity index is 0.00000106. The molecule has 0 spiro atoms. The molecule has 3 heterocycles. The summed E-state index contributed by atoms with van der Waals surface area (Å²) in [6.07, 6.45) is 7.02. The van der Waals surface area contributed by atoms with Crippen LogP contribution < -0.4 is 4.90 Å². The molecule has 0 radical (unpaired) electrons. The molecule has 5 nitrogen and oxygen atoms in total. The van der Waals surface area contributed by atoms with Gasteiger partial charge in [-0.2, -0.15) is 0 Å². The van der Waals surface area contributed by atoms with Gasteiger partial charge in [-0.05, 0) is 55.7 Å². The first-order chi connectivity index (χ1) is 14.6. The van der Waals surface area contributed by atoms with E-state index in [-0.39, 0.29) is 17.5 Å². The molecule has 2 aliphatic rings. The van der Waals surface area contributed by atoms with E-state index in [9.17, 15) is 9.50 Å². The highest BCUT2D eigenvalue weighted by atomic mass is 35.5. The molecule has 0 atom stereocenters. The minimum atomic E-state index is -0.329. The van der Waals surface area contributed by atoms with Crippen LogP contribution in [0.3, 0.4) is 0 Å². The van der Waals surface area contributed by atoms with Crippen molar-refractivity contribution in [1.82, 2.24) is 14.6 Å². The molecule has 1 aliphatic heterocycles. The van der Waals surface area contributed by atoms with E-state index in [4.69, 9.17) is 11.6 Å². The fourth-order valence-corrected chi connectivity index (χ4v) is 4.58. The molecular weight excluding hydrogens is 403 g/mol. The SMILES string of the molecule is CC.Oc1cccc(F)c1C1CCN(c2ccn3c(CC4CC4)nnc3c2Cl)CC1. The average Bonchev–Trinajstić information content (AvgIpc) is 3.49. The smallest absolute Gasteiger partial charge is 0.181 e. The zero-order valence-corrected chi connectivity index (χ0v) is 18.2. The van der Waals surface area contributed by atoms with Crippen molar-refractivity contribution in [3.63, 3.8) is 0 Å². The number of aromatic nitrogens is 3. The lowest BCUT2D eigenvalue weighted by Crippen LogP contribution is -2.33. The summed E-state index contributed by atoms with van der Waals surface area (Å²) in [7, 11) is 0. The van der Waals surface area contributed by atoms with Gasteiger partial charge in [0.25, 0.3) is 0 Å². The molecule has 5 rings (SSSR count). The lowest BCUT2D eigenvalue weighted by molar-refractivity contribution is 0.424. The van der Waals surface area contributed by atoms with Gasteiger partial charge in [0, 0.05) is 31.3 Å². The van der Waals surface area contributed by atoms with Crippen LogP contribution in [-0.4, -0.2) is 32.8 Å². The van der Waals surface area contributed by atoms with E-state index < -0.39 is 0 Å². The van der Waals surface area contributed by atoms with Gasteiger partial charge in [-0.3, -0.25) is 4.40 Å². The second-order valence-corrected chi connectivity index (χ2v) is 8.28. The minimum Gasteiger partial charge on any atom is -0.508 e. The Morgan fingerprint density at radius 2 is 1.83 bits per heavy atom. The normalized spacial score (nSPS) is 17.1. The molecule has 3 aromatic rings. The number of fused-ring (bicyclic) bond motifs is 1. The predicted octanol–water partition coefficient (Wildman–Crippen LogP) is 5.59. The quantitative estimate of drug-likeness (QED) is 0.586. The van der Waals surface area contributed by atoms with E-state index in [1.54, 1.807) is 6.07 Å². The van der Waals surface area contributed by atoms with Crippen molar-refractivity contribution in [2.45, 2.75) is 51.9 Å². The Bertz CT molecular complexity index is 1010. The second-order valence-electron chi connectivity index (χ2n) is 7.91. The molecule has 0 amide bonds. The number of hydrogen-bond donors (Lipinski definition) is 1. The maximum atomic E-state index is 14.2. The summed E-state index contributed by atoms with van der Waals surface area (Å²) < 4.78 is 16.2. The number of hydrogen-bond acceptors (Lipinski definition) is 4. The van der Waals surface area contributed by atoms with Crippen LogP contribution in [0.4, 0.5) is 10.1 Å². The fourth-order valence-electron chi connectivity index (χ4n) is 4.27. The van der Waals surface area contributed by atoms with Crippen LogP contribution in [-0.2, 0) is 6.42 Å². The topological polar surface area (TPSA) is 53.7 Å². The molecule has 1 saturated carbocycles. The van der Waals surface area contributed by atoms with Gasteiger partial charge in [-0.25, -0.2) is 4.39 Å². The number of aromatic hydroxyl groups is 1. The fraction of sp³-hybridized carbons (Fsp3) is 0.478. The molecule has 1 N–H and O–H groups in total. The van der Waals surface area contributed by atoms with Gasteiger partial charge in [-0.1, -0.05) is 31.5 Å². The minimum absolute atomic E-state index is 0.0122. The highest BCUT2D eigenvalue weighted by Crippen LogP contribution is 2.39. The number of piperidine rings is 1. The molecule has 2 aromatic heterocycles. The Morgan fingerprint density at radius 3 is 2.50 bits per heavy atom. The number of pyridine rings is 1. The summed E-state index contributed by atoms with van der Waals surface area (Å²) in [4.78, 5) is 2.21. The number of halogens is 2. The monoisotopic (exact) mass is 430 g/mol. The highest BCUT2D eigenvalue weighted by Gasteiger charge is 2.28. The van der Waals surface area contributed by atoms with Crippen LogP contribution in [0.5, 0.6) is 5.75 Å². The van der Waals surface area contributed by atoms with Crippen molar-refractivity contribution >= 4 is 22.9 Å². The van der Waals surface area contributed by atoms with Gasteiger partial charge < -0.3 is 10.0 Å². The standard InChI is InChI=1S/C21H22ClFN4O.C2H6/c22-20-16(8-11-27-18(12-13-4-5-13)24-25-21(20)27)26-9-6-14(7-10-26)19-15(23)2-1-3-17(19)28;1-2/h1-3,8,11,13-14,28H,4-7,9-10,12H2;1-2H3. The third-order valence-electron chi connectivity index (χ3n) is 6.01. The predicted molar refractivity (Wildman–Crippen MR) is 118 cm³/mol. The number of phenolic OH excluding ortho intramolecular Hbond substituents is 1. The second kappa shape index (κ2) is 8.80. The summed E-state index contributed by atoms with van der Waals surface area (Å²) >= 11 is 6.68. The van der Waals surface area contributed by atoms with Crippen molar-refractivity contribution in [3.8, 4) is 5.75 Å². The van der Waals surface area contributed by atoms with Gasteiger partial charge >= 0.3 is 0 Å². The van der Waals surface area contributed by atoms with Crippen molar-refractivity contribution in [2.75, 3.05) is 18.0 Å². The average molecular weight is 431 g/mol. The van der Waals surface area contributed by atoms with Gasteiger partial charge in [0.2, 0.25) is 0 Å². The first-order valence-electron chi connectivity index (χ1n) is 10.9. The van der Waals surface area contributed by atoms with E-state index in [1.165, 1.54) is 25.0 Å². The van der Waals surface area contributed by atoms with Gasteiger partial charge in [-0.15, -0.1) is 10.2 Å².